The summed E-state index contributed by atoms with van der Waals surface area (Å²) in [6, 6.07) is 13.7. The Morgan fingerprint density at radius 3 is 2.28 bits per heavy atom. The van der Waals surface area contributed by atoms with Crippen LogP contribution in [0.5, 0.6) is 5.75 Å². The molecule has 3 rings (SSSR count). The minimum absolute atomic E-state index is 0.149. The topological polar surface area (TPSA) is 79.0 Å². The highest BCUT2D eigenvalue weighted by Crippen LogP contribution is 2.24. The van der Waals surface area contributed by atoms with Crippen LogP contribution in [-0.4, -0.2) is 62.9 Å². The van der Waals surface area contributed by atoms with Crippen LogP contribution < -0.4 is 10.1 Å². The lowest BCUT2D eigenvalue weighted by Gasteiger charge is -2.36. The van der Waals surface area contributed by atoms with Gasteiger partial charge < -0.3 is 10.1 Å². The minimum atomic E-state index is -3.52. The van der Waals surface area contributed by atoms with Crippen LogP contribution >= 0.6 is 0 Å². The summed E-state index contributed by atoms with van der Waals surface area (Å²) in [5, 5.41) is 2.89. The van der Waals surface area contributed by atoms with E-state index < -0.39 is 10.0 Å². The second-order valence-corrected chi connectivity index (χ2v) is 9.06. The largest absolute Gasteiger partial charge is 0.495 e. The number of hydrogen-bond donors (Lipinski definition) is 1. The molecular formula is C21H27N3O4S. The van der Waals surface area contributed by atoms with Crippen LogP contribution in [0.2, 0.25) is 0 Å². The van der Waals surface area contributed by atoms with Gasteiger partial charge >= 0.3 is 0 Å². The van der Waals surface area contributed by atoms with Crippen molar-refractivity contribution in [2.45, 2.75) is 24.8 Å². The van der Waals surface area contributed by atoms with E-state index in [9.17, 15) is 13.2 Å². The second kappa shape index (κ2) is 8.94. The number of benzene rings is 2. The molecule has 1 N–H and O–H groups in total. The van der Waals surface area contributed by atoms with Crippen molar-refractivity contribution in [3.63, 3.8) is 0 Å². The molecule has 1 heterocycles. The molecule has 8 heteroatoms. The summed E-state index contributed by atoms with van der Waals surface area (Å²) < 4.78 is 32.4. The highest BCUT2D eigenvalue weighted by atomic mass is 32.2. The van der Waals surface area contributed by atoms with Crippen molar-refractivity contribution in [2.24, 2.45) is 0 Å². The van der Waals surface area contributed by atoms with E-state index in [1.165, 1.54) is 4.31 Å². The van der Waals surface area contributed by atoms with Gasteiger partial charge in [-0.25, -0.2) is 8.42 Å². The predicted molar refractivity (Wildman–Crippen MR) is 113 cm³/mol. The van der Waals surface area contributed by atoms with E-state index in [0.717, 1.165) is 5.56 Å². The maximum atomic E-state index is 12.8. The van der Waals surface area contributed by atoms with Crippen LogP contribution in [0.15, 0.2) is 53.4 Å². The molecule has 1 fully saturated rings. The molecule has 2 aromatic rings. The van der Waals surface area contributed by atoms with Crippen molar-refractivity contribution in [1.29, 1.82) is 0 Å². The van der Waals surface area contributed by atoms with E-state index >= 15 is 0 Å². The first-order valence-corrected chi connectivity index (χ1v) is 11.0. The fourth-order valence-electron chi connectivity index (χ4n) is 3.34. The molecule has 0 radical (unpaired) electrons. The predicted octanol–water partition coefficient (Wildman–Crippen LogP) is 2.34. The van der Waals surface area contributed by atoms with Crippen LogP contribution in [-0.2, 0) is 14.8 Å². The van der Waals surface area contributed by atoms with Gasteiger partial charge in [0.2, 0.25) is 15.9 Å². The Kier molecular flexibility index (Phi) is 6.56. The van der Waals surface area contributed by atoms with Crippen LogP contribution in [0, 0.1) is 6.92 Å². The molecule has 29 heavy (non-hydrogen) atoms. The molecule has 7 nitrogen and oxygen atoms in total. The Hall–Kier alpha value is -2.42. The molecule has 0 bridgehead atoms. The molecule has 0 spiro atoms. The number of rotatable bonds is 6. The van der Waals surface area contributed by atoms with Gasteiger partial charge in [0.15, 0.2) is 0 Å². The first-order valence-electron chi connectivity index (χ1n) is 9.57. The van der Waals surface area contributed by atoms with Crippen molar-refractivity contribution < 1.29 is 17.9 Å². The van der Waals surface area contributed by atoms with Gasteiger partial charge in [-0.2, -0.15) is 4.31 Å². The lowest BCUT2D eigenvalue weighted by Crippen LogP contribution is -2.53. The summed E-state index contributed by atoms with van der Waals surface area (Å²) in [6.45, 7) is 5.43. The summed E-state index contributed by atoms with van der Waals surface area (Å²) in [4.78, 5) is 15.0. The fourth-order valence-corrected chi connectivity index (χ4v) is 4.76. The summed E-state index contributed by atoms with van der Waals surface area (Å²) in [6.07, 6.45) is 0. The van der Waals surface area contributed by atoms with Gasteiger partial charge in [-0.1, -0.05) is 29.8 Å². The van der Waals surface area contributed by atoms with Crippen molar-refractivity contribution >= 4 is 21.6 Å². The maximum absolute atomic E-state index is 12.8. The van der Waals surface area contributed by atoms with Crippen molar-refractivity contribution in [3.05, 3.63) is 54.1 Å². The normalized spacial score (nSPS) is 16.9. The summed E-state index contributed by atoms with van der Waals surface area (Å²) in [5.74, 6) is 0.450. The molecule has 0 aliphatic carbocycles. The molecule has 0 aromatic heterocycles. The third-order valence-electron chi connectivity index (χ3n) is 5.22. The molecule has 1 atom stereocenters. The Balaban J connectivity index is 1.61. The van der Waals surface area contributed by atoms with E-state index in [0.29, 0.717) is 42.5 Å². The summed E-state index contributed by atoms with van der Waals surface area (Å²) in [5.41, 5.74) is 1.64. The summed E-state index contributed by atoms with van der Waals surface area (Å²) >= 11 is 0. The molecule has 0 saturated carbocycles. The number of methoxy groups -OCH3 is 1. The average Bonchev–Trinajstić information content (AvgIpc) is 2.74. The summed E-state index contributed by atoms with van der Waals surface area (Å²) in [7, 11) is -1.96. The third-order valence-corrected chi connectivity index (χ3v) is 7.14. The van der Waals surface area contributed by atoms with E-state index in [2.05, 4.69) is 5.32 Å². The zero-order chi connectivity index (χ0) is 21.0. The molecule has 156 valence electrons. The first-order chi connectivity index (χ1) is 13.8. The lowest BCUT2D eigenvalue weighted by atomic mass is 10.2. The van der Waals surface area contributed by atoms with Crippen LogP contribution in [0.25, 0.3) is 0 Å². The van der Waals surface area contributed by atoms with Crippen molar-refractivity contribution in [3.8, 4) is 5.75 Å². The molecule has 0 unspecified atom stereocenters. The number of carbonyl (C=O) groups excluding carboxylic acids is 1. The van der Waals surface area contributed by atoms with Crippen molar-refractivity contribution in [2.75, 3.05) is 38.6 Å². The number of hydrogen-bond acceptors (Lipinski definition) is 5. The molecule has 1 aliphatic rings. The number of carbonyl (C=O) groups is 1. The minimum Gasteiger partial charge on any atom is -0.495 e. The van der Waals surface area contributed by atoms with Gasteiger partial charge in [-0.3, -0.25) is 9.69 Å². The quantitative estimate of drug-likeness (QED) is 0.781. The van der Waals surface area contributed by atoms with Gasteiger partial charge in [0.25, 0.3) is 0 Å². The smallest absolute Gasteiger partial charge is 0.243 e. The standard InChI is InChI=1S/C21H27N3O4S/c1-16-8-10-18(11-9-16)29(26,27)24-14-12-23(13-15-24)17(2)21(25)22-19-6-4-5-7-20(19)28-3/h4-11,17H,12-15H2,1-3H3,(H,22,25)/t17-/m1/s1. The number of ether oxygens (including phenoxy) is 1. The van der Waals surface area contributed by atoms with E-state index in [1.807, 2.05) is 30.9 Å². The third kappa shape index (κ3) is 4.77. The first kappa shape index (κ1) is 21.3. The van der Waals surface area contributed by atoms with Crippen LogP contribution in [0.1, 0.15) is 12.5 Å². The molecule has 1 aliphatic heterocycles. The number of piperazine rings is 1. The number of para-hydroxylation sites is 2. The highest BCUT2D eigenvalue weighted by Gasteiger charge is 2.31. The number of amides is 1. The Bertz CT molecular complexity index is 952. The number of sulfonamides is 1. The molecule has 1 saturated heterocycles. The van der Waals surface area contributed by atoms with E-state index in [1.54, 1.807) is 43.5 Å². The Labute approximate surface area is 172 Å². The molecule has 1 amide bonds. The lowest BCUT2D eigenvalue weighted by molar-refractivity contribution is -0.121. The Morgan fingerprint density at radius 1 is 1.03 bits per heavy atom. The number of aryl methyl sites for hydroxylation is 1. The van der Waals surface area contributed by atoms with Gasteiger partial charge in [0.1, 0.15) is 5.75 Å². The zero-order valence-electron chi connectivity index (χ0n) is 17.0. The second-order valence-electron chi connectivity index (χ2n) is 7.12. The van der Waals surface area contributed by atoms with Gasteiger partial charge in [0, 0.05) is 26.2 Å². The molecular weight excluding hydrogens is 390 g/mol. The van der Waals surface area contributed by atoms with Crippen LogP contribution in [0.4, 0.5) is 5.69 Å². The fraction of sp³-hybridized carbons (Fsp3) is 0.381. The maximum Gasteiger partial charge on any atom is 0.243 e. The highest BCUT2D eigenvalue weighted by molar-refractivity contribution is 7.89. The van der Waals surface area contributed by atoms with Crippen molar-refractivity contribution in [1.82, 2.24) is 9.21 Å². The number of nitrogens with one attached hydrogen (secondary N) is 1. The Morgan fingerprint density at radius 2 is 1.66 bits per heavy atom. The van der Waals surface area contributed by atoms with Gasteiger partial charge in [0.05, 0.1) is 23.7 Å². The van der Waals surface area contributed by atoms with Gasteiger partial charge in [-0.05, 0) is 38.1 Å². The van der Waals surface area contributed by atoms with Gasteiger partial charge in [-0.15, -0.1) is 0 Å². The SMILES string of the molecule is COc1ccccc1NC(=O)[C@@H](C)N1CCN(S(=O)(=O)c2ccc(C)cc2)CC1. The zero-order valence-corrected chi connectivity index (χ0v) is 17.8. The number of anilines is 1. The molecule has 2 aromatic carbocycles. The van der Waals surface area contributed by atoms with Crippen LogP contribution in [0.3, 0.4) is 0 Å². The van der Waals surface area contributed by atoms with E-state index in [4.69, 9.17) is 4.74 Å². The average molecular weight is 418 g/mol. The van der Waals surface area contributed by atoms with E-state index in [-0.39, 0.29) is 11.9 Å². The monoisotopic (exact) mass is 417 g/mol. The number of nitrogens with zero attached hydrogens (tertiary/aromatic N) is 2.